The van der Waals surface area contributed by atoms with Gasteiger partial charge in [0.05, 0.1) is 10.0 Å². The van der Waals surface area contributed by atoms with Gasteiger partial charge in [0.25, 0.3) is 0 Å². The maximum atomic E-state index is 12.8. The normalized spacial score (nSPS) is 10.3. The van der Waals surface area contributed by atoms with E-state index in [4.69, 9.17) is 23.2 Å². The molecule has 1 N–H and O–H groups in total. The van der Waals surface area contributed by atoms with Crippen LogP contribution in [0.1, 0.15) is 5.56 Å². The lowest BCUT2D eigenvalue weighted by Crippen LogP contribution is -2.30. The van der Waals surface area contributed by atoms with Gasteiger partial charge in [0.15, 0.2) is 0 Å². The Hall–Kier alpha value is -1.78. The minimum absolute atomic E-state index is 0.312. The SMILES string of the molecule is CN(Cc1cccc(Cl)c1Cl)C(=O)Nc1ccc(F)cc1. The summed E-state index contributed by atoms with van der Waals surface area (Å²) in [6.07, 6.45) is 0. The summed E-state index contributed by atoms with van der Waals surface area (Å²) in [6, 6.07) is 10.5. The topological polar surface area (TPSA) is 32.3 Å². The lowest BCUT2D eigenvalue weighted by molar-refractivity contribution is 0.220. The highest BCUT2D eigenvalue weighted by atomic mass is 35.5. The number of halogens is 3. The summed E-state index contributed by atoms with van der Waals surface area (Å²) in [5, 5.41) is 3.54. The van der Waals surface area contributed by atoms with E-state index in [-0.39, 0.29) is 11.8 Å². The summed E-state index contributed by atoms with van der Waals surface area (Å²) >= 11 is 12.0. The molecule has 110 valence electrons. The molecule has 0 aliphatic rings. The standard InChI is InChI=1S/C15H13Cl2FN2O/c1-20(9-10-3-2-4-13(16)14(10)17)15(21)19-12-7-5-11(18)6-8-12/h2-8H,9H2,1H3,(H,19,21). The molecule has 0 spiro atoms. The van der Waals surface area contributed by atoms with E-state index in [0.717, 1.165) is 5.56 Å². The Bertz CT molecular complexity index is 647. The molecule has 0 saturated carbocycles. The number of rotatable bonds is 3. The summed E-state index contributed by atoms with van der Waals surface area (Å²) in [7, 11) is 1.64. The molecule has 0 unspecified atom stereocenters. The number of amides is 2. The van der Waals surface area contributed by atoms with Gasteiger partial charge in [-0.15, -0.1) is 0 Å². The van der Waals surface area contributed by atoms with Gasteiger partial charge in [-0.1, -0.05) is 35.3 Å². The number of hydrogen-bond acceptors (Lipinski definition) is 1. The van der Waals surface area contributed by atoms with Crippen molar-refractivity contribution in [2.45, 2.75) is 6.54 Å². The maximum Gasteiger partial charge on any atom is 0.321 e. The average molecular weight is 327 g/mol. The maximum absolute atomic E-state index is 12.8. The predicted molar refractivity (Wildman–Crippen MR) is 83.3 cm³/mol. The quantitative estimate of drug-likeness (QED) is 0.863. The fourth-order valence-corrected chi connectivity index (χ4v) is 2.13. The van der Waals surface area contributed by atoms with E-state index < -0.39 is 0 Å². The Labute approximate surface area is 132 Å². The zero-order valence-electron chi connectivity index (χ0n) is 11.2. The summed E-state index contributed by atoms with van der Waals surface area (Å²) in [6.45, 7) is 0.312. The van der Waals surface area contributed by atoms with E-state index in [1.807, 2.05) is 0 Å². The zero-order chi connectivity index (χ0) is 15.4. The first kappa shape index (κ1) is 15.6. The van der Waals surface area contributed by atoms with Crippen molar-refractivity contribution in [1.82, 2.24) is 4.90 Å². The molecule has 0 saturated heterocycles. The van der Waals surface area contributed by atoms with Crippen LogP contribution in [0.3, 0.4) is 0 Å². The first-order chi connectivity index (χ1) is 9.97. The van der Waals surface area contributed by atoms with Crippen molar-refractivity contribution in [3.63, 3.8) is 0 Å². The van der Waals surface area contributed by atoms with Gasteiger partial charge in [0, 0.05) is 19.3 Å². The Morgan fingerprint density at radius 1 is 1.19 bits per heavy atom. The summed E-state index contributed by atoms with van der Waals surface area (Å²) in [4.78, 5) is 13.5. The van der Waals surface area contributed by atoms with Crippen LogP contribution in [0, 0.1) is 5.82 Å². The van der Waals surface area contributed by atoms with Gasteiger partial charge in [-0.05, 0) is 35.9 Å². The summed E-state index contributed by atoms with van der Waals surface area (Å²) in [5.74, 6) is -0.355. The van der Waals surface area contributed by atoms with Crippen LogP contribution < -0.4 is 5.32 Å². The third-order valence-electron chi connectivity index (χ3n) is 2.88. The minimum Gasteiger partial charge on any atom is -0.323 e. The molecule has 2 aromatic carbocycles. The molecular weight excluding hydrogens is 314 g/mol. The van der Waals surface area contributed by atoms with Gasteiger partial charge in [0.1, 0.15) is 5.82 Å². The molecule has 0 aromatic heterocycles. The molecule has 0 aliphatic carbocycles. The number of urea groups is 1. The number of nitrogens with zero attached hydrogens (tertiary/aromatic N) is 1. The van der Waals surface area contributed by atoms with Gasteiger partial charge in [0.2, 0.25) is 0 Å². The van der Waals surface area contributed by atoms with E-state index in [1.54, 1.807) is 25.2 Å². The van der Waals surface area contributed by atoms with Crippen LogP contribution in [0.15, 0.2) is 42.5 Å². The van der Waals surface area contributed by atoms with Crippen molar-refractivity contribution in [1.29, 1.82) is 0 Å². The van der Waals surface area contributed by atoms with E-state index in [9.17, 15) is 9.18 Å². The second-order valence-corrected chi connectivity index (χ2v) is 5.29. The van der Waals surface area contributed by atoms with Gasteiger partial charge >= 0.3 is 6.03 Å². The summed E-state index contributed by atoms with van der Waals surface area (Å²) in [5.41, 5.74) is 1.27. The highest BCUT2D eigenvalue weighted by molar-refractivity contribution is 6.42. The highest BCUT2D eigenvalue weighted by Gasteiger charge is 2.12. The van der Waals surface area contributed by atoms with Gasteiger partial charge in [-0.2, -0.15) is 0 Å². The fourth-order valence-electron chi connectivity index (χ4n) is 1.75. The van der Waals surface area contributed by atoms with Crippen LogP contribution in [0.4, 0.5) is 14.9 Å². The van der Waals surface area contributed by atoms with Crippen LogP contribution in [-0.2, 0) is 6.54 Å². The van der Waals surface area contributed by atoms with Crippen molar-refractivity contribution in [2.24, 2.45) is 0 Å². The fraction of sp³-hybridized carbons (Fsp3) is 0.133. The van der Waals surface area contributed by atoms with E-state index in [1.165, 1.54) is 29.2 Å². The molecule has 0 heterocycles. The third kappa shape index (κ3) is 4.09. The molecule has 6 heteroatoms. The minimum atomic E-state index is -0.355. The molecule has 0 radical (unpaired) electrons. The Kier molecular flexibility index (Phi) is 5.04. The second kappa shape index (κ2) is 6.78. The zero-order valence-corrected chi connectivity index (χ0v) is 12.7. The number of nitrogens with one attached hydrogen (secondary N) is 1. The molecule has 0 atom stereocenters. The van der Waals surface area contributed by atoms with E-state index in [2.05, 4.69) is 5.32 Å². The smallest absolute Gasteiger partial charge is 0.321 e. The van der Waals surface area contributed by atoms with Crippen molar-refractivity contribution in [3.05, 3.63) is 63.9 Å². The van der Waals surface area contributed by atoms with Crippen LogP contribution in [0.5, 0.6) is 0 Å². The van der Waals surface area contributed by atoms with Gasteiger partial charge in [-0.25, -0.2) is 9.18 Å². The van der Waals surface area contributed by atoms with Gasteiger partial charge in [-0.3, -0.25) is 0 Å². The largest absolute Gasteiger partial charge is 0.323 e. The predicted octanol–water partition coefficient (Wildman–Crippen LogP) is 4.80. The van der Waals surface area contributed by atoms with Crippen LogP contribution in [0.25, 0.3) is 0 Å². The highest BCUT2D eigenvalue weighted by Crippen LogP contribution is 2.26. The third-order valence-corrected chi connectivity index (χ3v) is 3.74. The monoisotopic (exact) mass is 326 g/mol. The number of hydrogen-bond donors (Lipinski definition) is 1. The number of benzene rings is 2. The molecule has 3 nitrogen and oxygen atoms in total. The first-order valence-corrected chi connectivity index (χ1v) is 6.93. The average Bonchev–Trinajstić information content (AvgIpc) is 2.46. The van der Waals surface area contributed by atoms with Crippen molar-refractivity contribution in [3.8, 4) is 0 Å². The lowest BCUT2D eigenvalue weighted by Gasteiger charge is -2.19. The van der Waals surface area contributed by atoms with Crippen LogP contribution in [0.2, 0.25) is 10.0 Å². The molecule has 0 aliphatic heterocycles. The molecule has 2 amide bonds. The first-order valence-electron chi connectivity index (χ1n) is 6.18. The van der Waals surface area contributed by atoms with Crippen molar-refractivity contribution in [2.75, 3.05) is 12.4 Å². The lowest BCUT2D eigenvalue weighted by atomic mass is 10.2. The molecule has 0 bridgehead atoms. The van der Waals surface area contributed by atoms with Crippen molar-refractivity contribution < 1.29 is 9.18 Å². The number of carbonyl (C=O) groups excluding carboxylic acids is 1. The van der Waals surface area contributed by atoms with E-state index in [0.29, 0.717) is 22.3 Å². The van der Waals surface area contributed by atoms with Crippen LogP contribution in [-0.4, -0.2) is 18.0 Å². The molecular formula is C15H13Cl2FN2O. The molecule has 2 rings (SSSR count). The second-order valence-electron chi connectivity index (χ2n) is 4.51. The van der Waals surface area contributed by atoms with Crippen LogP contribution >= 0.6 is 23.2 Å². The molecule has 21 heavy (non-hydrogen) atoms. The Morgan fingerprint density at radius 3 is 2.52 bits per heavy atom. The summed E-state index contributed by atoms with van der Waals surface area (Å²) < 4.78 is 12.8. The number of carbonyl (C=O) groups is 1. The Morgan fingerprint density at radius 2 is 1.86 bits per heavy atom. The Balaban J connectivity index is 2.02. The van der Waals surface area contributed by atoms with E-state index >= 15 is 0 Å². The number of anilines is 1. The molecule has 0 fully saturated rings. The van der Waals surface area contributed by atoms with Gasteiger partial charge < -0.3 is 10.2 Å². The molecule has 2 aromatic rings. The van der Waals surface area contributed by atoms with Crippen molar-refractivity contribution >= 4 is 34.9 Å².